The van der Waals surface area contributed by atoms with Crippen LogP contribution in [-0.2, 0) is 22.6 Å². The van der Waals surface area contributed by atoms with E-state index in [1.165, 1.54) is 0 Å². The number of H-pyrrole nitrogens is 1. The maximum atomic E-state index is 12.4. The van der Waals surface area contributed by atoms with Crippen molar-refractivity contribution >= 4 is 17.6 Å². The number of hydrogen-bond donors (Lipinski definition) is 2. The van der Waals surface area contributed by atoms with E-state index in [0.29, 0.717) is 18.9 Å². The number of rotatable bonds is 6. The van der Waals surface area contributed by atoms with E-state index < -0.39 is 0 Å². The molecule has 0 spiro atoms. The number of likely N-dealkylation sites (tertiary alicyclic amines) is 1. The smallest absolute Gasteiger partial charge is 0.230 e. The Morgan fingerprint density at radius 2 is 2.16 bits per heavy atom. The monoisotopic (exact) mass is 342 g/mol. The predicted molar refractivity (Wildman–Crippen MR) is 93.1 cm³/mol. The fraction of sp³-hybridized carbons (Fsp3) is 0.389. The van der Waals surface area contributed by atoms with Crippen LogP contribution < -0.4 is 10.1 Å². The van der Waals surface area contributed by atoms with Crippen LogP contribution in [0.4, 0.5) is 5.82 Å². The number of aromatic nitrogens is 2. The fourth-order valence-corrected chi connectivity index (χ4v) is 2.89. The van der Waals surface area contributed by atoms with Gasteiger partial charge < -0.3 is 15.0 Å². The molecule has 1 aliphatic heterocycles. The lowest BCUT2D eigenvalue weighted by Crippen LogP contribution is -2.28. The van der Waals surface area contributed by atoms with Gasteiger partial charge in [-0.25, -0.2) is 0 Å². The van der Waals surface area contributed by atoms with Crippen molar-refractivity contribution in [3.05, 3.63) is 41.6 Å². The Morgan fingerprint density at radius 3 is 2.80 bits per heavy atom. The van der Waals surface area contributed by atoms with E-state index in [-0.39, 0.29) is 24.2 Å². The lowest BCUT2D eigenvalue weighted by Gasteiger charge is -2.16. The highest BCUT2D eigenvalue weighted by Crippen LogP contribution is 2.22. The lowest BCUT2D eigenvalue weighted by atomic mass is 10.1. The number of carbonyl (C=O) groups is 2. The van der Waals surface area contributed by atoms with Crippen molar-refractivity contribution < 1.29 is 14.3 Å². The van der Waals surface area contributed by atoms with Gasteiger partial charge in [-0.05, 0) is 24.1 Å². The Kier molecular flexibility index (Phi) is 5.02. The number of aromatic amines is 1. The van der Waals surface area contributed by atoms with Gasteiger partial charge in [0.15, 0.2) is 5.82 Å². The quantitative estimate of drug-likeness (QED) is 0.840. The summed E-state index contributed by atoms with van der Waals surface area (Å²) in [6.07, 6.45) is 1.05. The molecule has 3 rings (SSSR count). The molecular weight excluding hydrogens is 320 g/mol. The molecule has 1 aromatic carbocycles. The van der Waals surface area contributed by atoms with Crippen molar-refractivity contribution in [3.63, 3.8) is 0 Å². The molecule has 1 saturated heterocycles. The molecular formula is C18H22N4O3. The Hall–Kier alpha value is -2.83. The molecule has 7 heteroatoms. The summed E-state index contributed by atoms with van der Waals surface area (Å²) in [4.78, 5) is 26.3. The predicted octanol–water partition coefficient (Wildman–Crippen LogP) is 1.97. The van der Waals surface area contributed by atoms with Crippen molar-refractivity contribution in [2.75, 3.05) is 19.0 Å². The number of benzene rings is 1. The number of methoxy groups -OCH3 is 1. The van der Waals surface area contributed by atoms with Gasteiger partial charge in [-0.3, -0.25) is 14.7 Å². The SMILES string of the molecule is CCc1cc(NC(=O)C2CC(=O)N(Cc3ccc(OC)cc3)C2)n[nH]1. The molecule has 1 fully saturated rings. The van der Waals surface area contributed by atoms with Gasteiger partial charge in [-0.1, -0.05) is 19.1 Å². The Labute approximate surface area is 146 Å². The van der Waals surface area contributed by atoms with Crippen LogP contribution >= 0.6 is 0 Å². The molecule has 0 radical (unpaired) electrons. The molecule has 25 heavy (non-hydrogen) atoms. The zero-order valence-corrected chi connectivity index (χ0v) is 14.4. The molecule has 2 heterocycles. The molecule has 2 aromatic rings. The zero-order chi connectivity index (χ0) is 17.8. The topological polar surface area (TPSA) is 87.3 Å². The van der Waals surface area contributed by atoms with E-state index in [9.17, 15) is 9.59 Å². The average Bonchev–Trinajstić information content (AvgIpc) is 3.22. The number of amides is 2. The van der Waals surface area contributed by atoms with E-state index in [0.717, 1.165) is 23.4 Å². The van der Waals surface area contributed by atoms with Crippen molar-refractivity contribution in [1.82, 2.24) is 15.1 Å². The van der Waals surface area contributed by atoms with Crippen LogP contribution in [0.3, 0.4) is 0 Å². The molecule has 132 valence electrons. The van der Waals surface area contributed by atoms with Crippen LogP contribution in [0.1, 0.15) is 24.6 Å². The van der Waals surface area contributed by atoms with Crippen LogP contribution in [0.25, 0.3) is 0 Å². The maximum absolute atomic E-state index is 12.4. The van der Waals surface area contributed by atoms with Gasteiger partial charge in [0.1, 0.15) is 5.75 Å². The lowest BCUT2D eigenvalue weighted by molar-refractivity contribution is -0.128. The van der Waals surface area contributed by atoms with E-state index in [1.807, 2.05) is 37.3 Å². The molecule has 1 unspecified atom stereocenters. The summed E-state index contributed by atoms with van der Waals surface area (Å²) in [5.41, 5.74) is 1.97. The number of aryl methyl sites for hydroxylation is 1. The Morgan fingerprint density at radius 1 is 1.40 bits per heavy atom. The number of hydrogen-bond acceptors (Lipinski definition) is 4. The summed E-state index contributed by atoms with van der Waals surface area (Å²) in [6, 6.07) is 9.39. The number of nitrogens with one attached hydrogen (secondary N) is 2. The van der Waals surface area contributed by atoms with E-state index >= 15 is 0 Å². The second kappa shape index (κ2) is 7.38. The molecule has 0 bridgehead atoms. The zero-order valence-electron chi connectivity index (χ0n) is 14.4. The van der Waals surface area contributed by atoms with Crippen molar-refractivity contribution in [1.29, 1.82) is 0 Å². The van der Waals surface area contributed by atoms with Crippen LogP contribution in [0.15, 0.2) is 30.3 Å². The molecule has 1 aliphatic rings. The van der Waals surface area contributed by atoms with Crippen LogP contribution in [0.5, 0.6) is 5.75 Å². The first-order chi connectivity index (χ1) is 12.1. The minimum atomic E-state index is -0.354. The average molecular weight is 342 g/mol. The third kappa shape index (κ3) is 3.99. The van der Waals surface area contributed by atoms with Gasteiger partial charge in [0, 0.05) is 31.3 Å². The first-order valence-corrected chi connectivity index (χ1v) is 8.35. The molecule has 2 amide bonds. The summed E-state index contributed by atoms with van der Waals surface area (Å²) >= 11 is 0. The Balaban J connectivity index is 1.58. The van der Waals surface area contributed by atoms with Crippen LogP contribution in [-0.4, -0.2) is 40.6 Å². The van der Waals surface area contributed by atoms with Crippen molar-refractivity contribution in [3.8, 4) is 5.75 Å². The highest BCUT2D eigenvalue weighted by atomic mass is 16.5. The van der Waals surface area contributed by atoms with E-state index in [2.05, 4.69) is 15.5 Å². The number of ether oxygens (including phenoxy) is 1. The van der Waals surface area contributed by atoms with Crippen LogP contribution in [0, 0.1) is 5.92 Å². The standard InChI is InChI=1S/C18H22N4O3/c1-3-14-9-16(21-20-14)19-18(24)13-8-17(23)22(11-13)10-12-4-6-15(25-2)7-5-12/h4-7,9,13H,3,8,10-11H2,1-2H3,(H2,19,20,21,24). The molecule has 2 N–H and O–H groups in total. The molecule has 7 nitrogen and oxygen atoms in total. The van der Waals surface area contributed by atoms with Crippen LogP contribution in [0.2, 0.25) is 0 Å². The molecule has 0 saturated carbocycles. The first kappa shape index (κ1) is 17.0. The maximum Gasteiger partial charge on any atom is 0.230 e. The molecule has 1 aromatic heterocycles. The largest absolute Gasteiger partial charge is 0.497 e. The minimum absolute atomic E-state index is 0.00718. The summed E-state index contributed by atoms with van der Waals surface area (Å²) in [5.74, 6) is 0.751. The minimum Gasteiger partial charge on any atom is -0.497 e. The third-order valence-electron chi connectivity index (χ3n) is 4.38. The summed E-state index contributed by atoms with van der Waals surface area (Å²) in [7, 11) is 1.62. The number of carbonyl (C=O) groups excluding carboxylic acids is 2. The molecule has 1 atom stereocenters. The second-order valence-electron chi connectivity index (χ2n) is 6.14. The van der Waals surface area contributed by atoms with Crippen molar-refractivity contribution in [2.24, 2.45) is 5.92 Å². The first-order valence-electron chi connectivity index (χ1n) is 8.35. The normalized spacial score (nSPS) is 17.0. The number of anilines is 1. The van der Waals surface area contributed by atoms with E-state index in [4.69, 9.17) is 4.74 Å². The highest BCUT2D eigenvalue weighted by molar-refractivity contribution is 5.96. The van der Waals surface area contributed by atoms with Gasteiger partial charge in [0.05, 0.1) is 13.0 Å². The second-order valence-corrected chi connectivity index (χ2v) is 6.14. The van der Waals surface area contributed by atoms with Gasteiger partial charge in [0.25, 0.3) is 0 Å². The summed E-state index contributed by atoms with van der Waals surface area (Å²) < 4.78 is 5.13. The highest BCUT2D eigenvalue weighted by Gasteiger charge is 2.34. The summed E-state index contributed by atoms with van der Waals surface area (Å²) in [5, 5.41) is 9.69. The van der Waals surface area contributed by atoms with Gasteiger partial charge in [0.2, 0.25) is 11.8 Å². The fourth-order valence-electron chi connectivity index (χ4n) is 2.89. The summed E-state index contributed by atoms with van der Waals surface area (Å²) in [6.45, 7) is 2.92. The van der Waals surface area contributed by atoms with Crippen molar-refractivity contribution in [2.45, 2.75) is 26.3 Å². The van der Waals surface area contributed by atoms with Gasteiger partial charge in [-0.2, -0.15) is 5.10 Å². The Bertz CT molecular complexity index is 754. The molecule has 0 aliphatic carbocycles. The number of nitrogens with zero attached hydrogens (tertiary/aromatic N) is 2. The van der Waals surface area contributed by atoms with E-state index in [1.54, 1.807) is 12.0 Å². The third-order valence-corrected chi connectivity index (χ3v) is 4.38. The van der Waals surface area contributed by atoms with Gasteiger partial charge >= 0.3 is 0 Å². The van der Waals surface area contributed by atoms with Gasteiger partial charge in [-0.15, -0.1) is 0 Å².